The minimum absolute atomic E-state index is 0.622. The van der Waals surface area contributed by atoms with Gasteiger partial charge in [-0.15, -0.1) is 0 Å². The summed E-state index contributed by atoms with van der Waals surface area (Å²) in [4.78, 5) is 7.08. The topological polar surface area (TPSA) is 87.1 Å². The van der Waals surface area contributed by atoms with Crippen LogP contribution in [0.25, 0.3) is 10.4 Å². The van der Waals surface area contributed by atoms with E-state index in [1.54, 1.807) is 12.1 Å². The molecule has 1 rings (SSSR count). The molecule has 0 aliphatic heterocycles. The normalized spacial score (nSPS) is 10.5. The molecule has 0 aromatic heterocycles. The Bertz CT molecular complexity index is 404. The molecule has 5 heteroatoms. The van der Waals surface area contributed by atoms with Crippen molar-refractivity contribution in [3.63, 3.8) is 0 Å². The fourth-order valence-corrected chi connectivity index (χ4v) is 1.55. The maximum absolute atomic E-state index is 8.28. The molecule has 0 radical (unpaired) electrons. The lowest BCUT2D eigenvalue weighted by atomic mass is 10.2. The highest BCUT2D eigenvalue weighted by Gasteiger charge is 1.90. The van der Waals surface area contributed by atoms with Gasteiger partial charge in [0.2, 0.25) is 0 Å². The summed E-state index contributed by atoms with van der Waals surface area (Å²) in [6.07, 6.45) is 6.43. The van der Waals surface area contributed by atoms with E-state index in [4.69, 9.17) is 11.3 Å². The van der Waals surface area contributed by atoms with Gasteiger partial charge < -0.3 is 5.73 Å². The van der Waals surface area contributed by atoms with Crippen molar-refractivity contribution in [1.82, 2.24) is 0 Å². The second-order valence-corrected chi connectivity index (χ2v) is 4.02. The van der Waals surface area contributed by atoms with Gasteiger partial charge in [-0.25, -0.2) is 0 Å². The molecule has 5 nitrogen and oxygen atoms in total. The average Bonchev–Trinajstić information content (AvgIpc) is 2.40. The Morgan fingerprint density at radius 2 is 1.83 bits per heavy atom. The first-order valence-corrected chi connectivity index (χ1v) is 6.22. The Morgan fingerprint density at radius 1 is 1.11 bits per heavy atom. The van der Waals surface area contributed by atoms with Gasteiger partial charge in [-0.1, -0.05) is 42.2 Å². The molecule has 0 unspecified atom stereocenters. The molecule has 18 heavy (non-hydrogen) atoms. The lowest BCUT2D eigenvalue weighted by molar-refractivity contribution is 0.654. The van der Waals surface area contributed by atoms with Crippen LogP contribution in [0.2, 0.25) is 0 Å². The van der Waals surface area contributed by atoms with Crippen LogP contribution < -0.4 is 5.73 Å². The van der Waals surface area contributed by atoms with Crippen molar-refractivity contribution >= 4 is 11.9 Å². The molecule has 1 aromatic carbocycles. The molecular formula is C13H19N5. The first kappa shape index (κ1) is 14.2. The van der Waals surface area contributed by atoms with E-state index < -0.39 is 0 Å². The molecule has 0 amide bonds. The van der Waals surface area contributed by atoms with E-state index in [1.807, 2.05) is 18.3 Å². The first-order valence-electron chi connectivity index (χ1n) is 6.22. The van der Waals surface area contributed by atoms with Crippen molar-refractivity contribution in [2.45, 2.75) is 25.7 Å². The number of nitrogens with zero attached hydrogens (tertiary/aromatic N) is 4. The van der Waals surface area contributed by atoms with Gasteiger partial charge in [0, 0.05) is 23.4 Å². The van der Waals surface area contributed by atoms with Crippen molar-refractivity contribution in [2.24, 2.45) is 15.8 Å². The van der Waals surface area contributed by atoms with Crippen molar-refractivity contribution < 1.29 is 0 Å². The Hall–Kier alpha value is -1.84. The molecule has 0 saturated carbocycles. The van der Waals surface area contributed by atoms with Crippen LogP contribution in [0.4, 0.5) is 5.69 Å². The van der Waals surface area contributed by atoms with Crippen molar-refractivity contribution in [3.8, 4) is 0 Å². The van der Waals surface area contributed by atoms with E-state index in [0.717, 1.165) is 31.5 Å². The van der Waals surface area contributed by atoms with E-state index >= 15 is 0 Å². The summed E-state index contributed by atoms with van der Waals surface area (Å²) in [6, 6.07) is 7.34. The standard InChI is InChI=1S/C13H19N5/c14-9-3-1-2-4-10-16-11-12-5-7-13(8-6-12)17-18-15/h5-8,11H,1-4,9-10,14H2. The fraction of sp³-hybridized carbons (Fsp3) is 0.462. The van der Waals surface area contributed by atoms with E-state index in [-0.39, 0.29) is 0 Å². The Morgan fingerprint density at radius 3 is 2.50 bits per heavy atom. The van der Waals surface area contributed by atoms with E-state index in [0.29, 0.717) is 5.69 Å². The summed E-state index contributed by atoms with van der Waals surface area (Å²) in [5.41, 5.74) is 15.3. The molecule has 0 heterocycles. The van der Waals surface area contributed by atoms with E-state index in [9.17, 15) is 0 Å². The predicted octanol–water partition coefficient (Wildman–Crippen LogP) is 3.57. The Kier molecular flexibility index (Phi) is 7.28. The zero-order valence-corrected chi connectivity index (χ0v) is 10.5. The highest BCUT2D eigenvalue weighted by molar-refractivity contribution is 5.80. The average molecular weight is 245 g/mol. The van der Waals surface area contributed by atoms with Gasteiger partial charge in [0.1, 0.15) is 0 Å². The SMILES string of the molecule is [N-]=[N+]=Nc1ccc(C=NCCCCCCN)cc1. The molecule has 0 saturated heterocycles. The highest BCUT2D eigenvalue weighted by Crippen LogP contribution is 2.11. The molecule has 2 N–H and O–H groups in total. The van der Waals surface area contributed by atoms with Crippen LogP contribution in [-0.2, 0) is 0 Å². The largest absolute Gasteiger partial charge is 0.330 e. The molecule has 0 spiro atoms. The van der Waals surface area contributed by atoms with Crippen molar-refractivity contribution in [3.05, 3.63) is 40.3 Å². The summed E-state index contributed by atoms with van der Waals surface area (Å²) in [7, 11) is 0. The zero-order chi connectivity index (χ0) is 13.1. The van der Waals surface area contributed by atoms with Gasteiger partial charge in [0.25, 0.3) is 0 Å². The van der Waals surface area contributed by atoms with Gasteiger partial charge in [0.15, 0.2) is 0 Å². The number of hydrogen-bond acceptors (Lipinski definition) is 3. The van der Waals surface area contributed by atoms with Gasteiger partial charge in [0.05, 0.1) is 0 Å². The lowest BCUT2D eigenvalue weighted by Gasteiger charge is -1.97. The molecule has 96 valence electrons. The number of aliphatic imine (C=N–C) groups is 1. The van der Waals surface area contributed by atoms with Crippen molar-refractivity contribution in [2.75, 3.05) is 13.1 Å². The number of benzene rings is 1. The van der Waals surface area contributed by atoms with Crippen LogP contribution in [0.15, 0.2) is 34.4 Å². The fourth-order valence-electron chi connectivity index (χ4n) is 1.55. The van der Waals surface area contributed by atoms with Crippen LogP contribution in [-0.4, -0.2) is 19.3 Å². The number of rotatable bonds is 8. The monoisotopic (exact) mass is 245 g/mol. The molecule has 0 fully saturated rings. The maximum atomic E-state index is 8.28. The van der Waals surface area contributed by atoms with Crippen LogP contribution in [0.1, 0.15) is 31.2 Å². The zero-order valence-electron chi connectivity index (χ0n) is 10.5. The third-order valence-electron chi connectivity index (χ3n) is 2.53. The molecular weight excluding hydrogens is 226 g/mol. The Labute approximate surface area is 107 Å². The summed E-state index contributed by atoms with van der Waals surface area (Å²) in [6.45, 7) is 1.63. The van der Waals surface area contributed by atoms with Gasteiger partial charge in [-0.05, 0) is 30.5 Å². The molecule has 0 aliphatic carbocycles. The van der Waals surface area contributed by atoms with Crippen LogP contribution >= 0.6 is 0 Å². The third-order valence-corrected chi connectivity index (χ3v) is 2.53. The predicted molar refractivity (Wildman–Crippen MR) is 75.2 cm³/mol. The maximum Gasteiger partial charge on any atom is 0.0389 e. The van der Waals surface area contributed by atoms with Gasteiger partial charge in [-0.2, -0.15) is 0 Å². The van der Waals surface area contributed by atoms with E-state index in [1.165, 1.54) is 12.8 Å². The van der Waals surface area contributed by atoms with Crippen LogP contribution in [0.5, 0.6) is 0 Å². The van der Waals surface area contributed by atoms with E-state index in [2.05, 4.69) is 15.0 Å². The molecule has 0 aliphatic rings. The smallest absolute Gasteiger partial charge is 0.0389 e. The number of hydrogen-bond donors (Lipinski definition) is 1. The third kappa shape index (κ3) is 6.03. The Balaban J connectivity index is 2.27. The van der Waals surface area contributed by atoms with Gasteiger partial charge >= 0.3 is 0 Å². The minimum atomic E-state index is 0.622. The van der Waals surface area contributed by atoms with Gasteiger partial charge in [-0.3, -0.25) is 4.99 Å². The number of azide groups is 1. The summed E-state index contributed by atoms with van der Waals surface area (Å²) >= 11 is 0. The molecule has 0 atom stereocenters. The quantitative estimate of drug-likeness (QED) is 0.245. The number of nitrogens with two attached hydrogens (primary N) is 1. The summed E-state index contributed by atoms with van der Waals surface area (Å²) in [5, 5.41) is 3.51. The van der Waals surface area contributed by atoms with Crippen molar-refractivity contribution in [1.29, 1.82) is 0 Å². The molecule has 1 aromatic rings. The minimum Gasteiger partial charge on any atom is -0.330 e. The summed E-state index contributed by atoms with van der Waals surface area (Å²) < 4.78 is 0. The lowest BCUT2D eigenvalue weighted by Crippen LogP contribution is -1.97. The van der Waals surface area contributed by atoms with Crippen LogP contribution in [0.3, 0.4) is 0 Å². The summed E-state index contributed by atoms with van der Waals surface area (Å²) in [5.74, 6) is 0. The second kappa shape index (κ2) is 9.22. The second-order valence-electron chi connectivity index (χ2n) is 4.02. The number of unbranched alkanes of at least 4 members (excludes halogenated alkanes) is 3. The first-order chi connectivity index (χ1) is 8.86. The van der Waals surface area contributed by atoms with Crippen LogP contribution in [0, 0.1) is 0 Å². The molecule has 0 bridgehead atoms. The highest BCUT2D eigenvalue weighted by atomic mass is 15.1.